The van der Waals surface area contributed by atoms with Gasteiger partial charge in [0.1, 0.15) is 17.7 Å². The zero-order chi connectivity index (χ0) is 86.2. The summed E-state index contributed by atoms with van der Waals surface area (Å²) < 4.78 is 54.5. The summed E-state index contributed by atoms with van der Waals surface area (Å²) in [5.74, 6) is -0.406. The number of fused-ring (bicyclic) bond motifs is 3. The number of nitrogens with zero attached hydrogens (tertiary/aromatic N) is 11. The van der Waals surface area contributed by atoms with Crippen LogP contribution in [0, 0.1) is 82.3 Å². The number of likely N-dealkylation sites (N-methyl/N-ethyl adjacent to an activating group) is 1. The van der Waals surface area contributed by atoms with Crippen molar-refractivity contribution in [1.29, 1.82) is 10.5 Å². The number of nitriles is 2. The third-order valence-corrected chi connectivity index (χ3v) is 21.9. The molecule has 0 bridgehead atoms. The first-order valence-corrected chi connectivity index (χ1v) is 41.3. The Morgan fingerprint density at radius 1 is 0.536 bits per heavy atom. The van der Waals surface area contributed by atoms with Crippen molar-refractivity contribution >= 4 is 72.5 Å². The van der Waals surface area contributed by atoms with Crippen molar-refractivity contribution in [3.05, 3.63) is 199 Å². The fraction of sp³-hybridized carbons (Fsp3) is 0.571. The number of nitrogens with two attached hydrogens (primary N) is 1. The number of anilines is 1. The summed E-state index contributed by atoms with van der Waals surface area (Å²) in [6, 6.07) is 30.5. The van der Waals surface area contributed by atoms with E-state index in [9.17, 15) is 39.9 Å². The molecule has 2 atom stereocenters. The first kappa shape index (κ1) is 107. The Bertz CT molecular complexity index is 4480. The molecule has 1 saturated carbocycles. The molecule has 1 amide bonds. The van der Waals surface area contributed by atoms with Gasteiger partial charge >= 0.3 is 43.8 Å². The number of para-hydroxylation sites is 3. The van der Waals surface area contributed by atoms with E-state index in [0.717, 1.165) is 180 Å². The van der Waals surface area contributed by atoms with E-state index in [-0.39, 0.29) is 142 Å². The van der Waals surface area contributed by atoms with Gasteiger partial charge in [-0.3, -0.25) is 54.9 Å². The molecular weight excluding hydrogens is 1730 g/mol. The third-order valence-electron chi connectivity index (χ3n) is 21.9. The molecule has 6 fully saturated rings. The van der Waals surface area contributed by atoms with Gasteiger partial charge in [0.2, 0.25) is 6.04 Å². The molecule has 8 heterocycles. The molecule has 9 aliphatic rings. The number of piperidine rings is 1. The molecule has 4 aliphatic carbocycles. The number of nitrogens with one attached hydrogen (secondary N) is 1. The van der Waals surface area contributed by atoms with E-state index < -0.39 is 50.1 Å². The zero-order valence-corrected chi connectivity index (χ0v) is 79.1. The van der Waals surface area contributed by atoms with Crippen molar-refractivity contribution < 1.29 is 107 Å². The van der Waals surface area contributed by atoms with E-state index in [1.165, 1.54) is 24.5 Å². The molecule has 32 nitrogen and oxygen atoms in total. The summed E-state index contributed by atoms with van der Waals surface area (Å²) in [7, 11) is 1.33. The maximum absolute atomic E-state index is 11.3. The average molecular weight is 1860 g/mol. The molecule has 5 aliphatic heterocycles. The van der Waals surface area contributed by atoms with Gasteiger partial charge in [0.15, 0.2) is 40.8 Å². The van der Waals surface area contributed by atoms with E-state index in [1.54, 1.807) is 61.1 Å². The number of hydrogen-bond acceptors (Lipinski definition) is 27. The van der Waals surface area contributed by atoms with E-state index in [4.69, 9.17) is 68.6 Å². The molecule has 5 saturated heterocycles. The first-order chi connectivity index (χ1) is 57.2. The number of aryl methyl sites for hydroxylation is 6. The zero-order valence-electron chi connectivity index (χ0n) is 74.9. The second-order valence-electron chi connectivity index (χ2n) is 35.1. The van der Waals surface area contributed by atoms with Crippen LogP contribution in [-0.2, 0) is 113 Å². The fourth-order valence-electron chi connectivity index (χ4n) is 15.0. The molecular formula is C91H128CaCdN13O19-. The molecule has 4 spiro atoms. The van der Waals surface area contributed by atoms with Gasteiger partial charge in [-0.1, -0.05) is 125 Å². The molecule has 676 valence electrons. The van der Waals surface area contributed by atoms with Crippen molar-refractivity contribution in [2.75, 3.05) is 72.2 Å². The summed E-state index contributed by atoms with van der Waals surface area (Å²) in [5, 5.41) is 53.0. The summed E-state index contributed by atoms with van der Waals surface area (Å²) in [5.41, 5.74) is 14.2. The topological polar surface area (TPSA) is 408 Å². The van der Waals surface area contributed by atoms with Gasteiger partial charge in [-0.2, -0.15) is 15.5 Å². The number of pyridine rings is 3. The number of nitrogen functional groups attached to an aromatic ring is 1. The predicted molar refractivity (Wildman–Crippen MR) is 470 cm³/mol. The minimum atomic E-state index is -1.47. The fourth-order valence-corrected chi connectivity index (χ4v) is 15.0. The number of ketones is 1. The standard InChI is InChI=1S/C24H28N4O3.C16H22N2O4.C16H24N2O2.C13H10N2O2.C13H22O3.C6H9N3O5.2CH4.CH3.Ca.Cd.2H/c1-23(2)15-29-24(30-16-23)11-6-9-21-18(10-12-24)13-19(14-26-21)28-22(27-17-25)31-20-7-4-3-5-8-20;1-15(2)10-21-16(22-11-15)6-3-4-14-12(5-7-16)8-13(9-17-14)18(19)20;1-15(2)10-19-16(20-11-15)6-3-4-14-12(5-7-16)8-13(17)9-18-14;14-11-15(16-12-7-3-1-4-8-12)17-13-9-5-2-6-10-13;1-12(2)9-15-13(16-10-12)7-3-5-11(14)6-4-8-13;1-7-3-4(8(11)12)2-5(6(7)10)9(13)14;;;;;;;/h3-5,7-8,13-14H,6,9-12,15-16H2,1-2H3,(H,27,28);8-9H,3-7,10-11H2,1-2H3;8-9H,3-7,10-11,17H2,1-2H3;1-10H;3-10H2,1-2H3;4-5H,2-3H2,1H3;2*1H4;1H3;;;;/q;;;;;;;;-1;+2;;2*-1. The first-order valence-electron chi connectivity index (χ1n) is 41.3. The van der Waals surface area contributed by atoms with Crippen LogP contribution in [0.3, 0.4) is 0 Å². The minimum Gasteiger partial charge on any atom is -1.00 e. The number of aliphatic imine (C=N–C) groups is 1. The van der Waals surface area contributed by atoms with Crippen molar-refractivity contribution in [3.8, 4) is 29.6 Å². The molecule has 3 aromatic carbocycles. The van der Waals surface area contributed by atoms with Crippen LogP contribution in [0.1, 0.15) is 210 Å². The van der Waals surface area contributed by atoms with Crippen LogP contribution in [0.25, 0.3) is 0 Å². The van der Waals surface area contributed by atoms with Crippen LogP contribution in [0.2, 0.25) is 0 Å². The van der Waals surface area contributed by atoms with Gasteiger partial charge in [-0.25, -0.2) is 5.32 Å². The van der Waals surface area contributed by atoms with Crippen molar-refractivity contribution in [1.82, 2.24) is 30.4 Å². The monoisotopic (exact) mass is 1860 g/mol. The quantitative estimate of drug-likeness (QED) is 0.0198. The molecule has 3 aromatic heterocycles. The number of rotatable bonds is 9. The Morgan fingerprint density at radius 2 is 0.896 bits per heavy atom. The number of carbonyl (C=O) groups is 2. The maximum Gasteiger partial charge on any atom is 2.00 e. The van der Waals surface area contributed by atoms with Crippen LogP contribution in [-0.4, -0.2) is 197 Å². The molecule has 6 aromatic rings. The minimum absolute atomic E-state index is 0. The number of hydroxylamine groups is 2. The molecule has 15 rings (SSSR count). The number of carbonyl (C=O) groups excluding carboxylic acids is 2. The number of aromatic nitrogens is 3. The number of nitro groups is 3. The number of Topliss-reactive ketones (excluding diaryl/α,β-unsaturated/α-hetero) is 1. The number of amidine groups is 1. The van der Waals surface area contributed by atoms with E-state index >= 15 is 0 Å². The Hall–Kier alpha value is -8.24. The average Bonchev–Trinajstić information content (AvgIpc) is 0.810. The van der Waals surface area contributed by atoms with Crippen molar-refractivity contribution in [2.45, 2.75) is 247 Å². The smallest absolute Gasteiger partial charge is 1.00 e. The van der Waals surface area contributed by atoms with Crippen molar-refractivity contribution in [3.63, 3.8) is 0 Å². The third kappa shape index (κ3) is 33.1. The molecule has 2 unspecified atom stereocenters. The Labute approximate surface area is 788 Å². The number of ether oxygens (including phenoxy) is 9. The largest absolute Gasteiger partial charge is 2.00 e. The van der Waals surface area contributed by atoms with Gasteiger partial charge in [-0.15, -0.1) is 0 Å². The molecule has 125 heavy (non-hydrogen) atoms. The summed E-state index contributed by atoms with van der Waals surface area (Å²) in [6.45, 7) is 23.1. The summed E-state index contributed by atoms with van der Waals surface area (Å²) >= 11 is 0. The molecule has 3 N–H and O–H groups in total. The number of likely N-dealkylation sites (tertiary alicyclic amines) is 1. The van der Waals surface area contributed by atoms with E-state index in [0.29, 0.717) is 74.4 Å². The Kier molecular flexibility index (Phi) is 42.4. The predicted octanol–water partition coefficient (Wildman–Crippen LogP) is 16.1. The van der Waals surface area contributed by atoms with Gasteiger partial charge in [0.05, 0.1) is 94.5 Å². The SMILES string of the molecule is C.C.CC1(C)COC2(CCCC(=O)CCC2)OC1.CC1(C)COC2(CCCc3ncc(N)cc3CC2)OC1.CC1(C)COC2(CCCc3ncc(N=C(NC#N)Oc4ccccc4)cc3CC2)OC1.CC1(C)COC2(CCCc3ncc([N+](=O)[O-])cc3CC2)OC1.CN1CC([N+](=O)[O-])CC([N+](=O)[O-])C1=O.N#CN(Oc1ccccc1)Oc1ccccc1.[CH3-].[Ca+2].[Cd].[H-].[H-]. The second kappa shape index (κ2) is 49.4. The van der Waals surface area contributed by atoms with E-state index in [2.05, 4.69) is 80.7 Å². The van der Waals surface area contributed by atoms with Crippen LogP contribution in [0.4, 0.5) is 17.1 Å². The number of amides is 1. The van der Waals surface area contributed by atoms with Gasteiger partial charge in [-0.05, 0) is 136 Å². The summed E-state index contributed by atoms with van der Waals surface area (Å²) in [6.07, 6.45) is 26.2. The van der Waals surface area contributed by atoms with Crippen LogP contribution in [0.5, 0.6) is 17.2 Å². The van der Waals surface area contributed by atoms with Crippen LogP contribution >= 0.6 is 0 Å². The maximum atomic E-state index is 11.3. The molecule has 34 heteroatoms. The van der Waals surface area contributed by atoms with Gasteiger partial charge < -0.3 is 73.2 Å². The van der Waals surface area contributed by atoms with Gasteiger partial charge in [0.25, 0.3) is 23.8 Å². The van der Waals surface area contributed by atoms with Gasteiger partial charge in [0, 0.05) is 158 Å². The number of benzene rings is 3. The van der Waals surface area contributed by atoms with Crippen LogP contribution in [0.15, 0.2) is 133 Å². The summed E-state index contributed by atoms with van der Waals surface area (Å²) in [4.78, 5) is 81.9. The second-order valence-corrected chi connectivity index (χ2v) is 35.1. The Balaban J connectivity index is 0.000000396. The molecule has 0 radical (unpaired) electrons. The Morgan fingerprint density at radius 3 is 1.27 bits per heavy atom. The van der Waals surface area contributed by atoms with Crippen LogP contribution < -0.4 is 25.5 Å². The van der Waals surface area contributed by atoms with E-state index in [1.807, 2.05) is 72.9 Å². The van der Waals surface area contributed by atoms with Crippen molar-refractivity contribution in [2.24, 2.45) is 26.7 Å². The normalized spacial score (nSPS) is 21.2. The number of hydrogen-bond donors (Lipinski definition) is 2.